The number of hydrogen-bond donors (Lipinski definition) is 4. The number of carbonyl (C=O) groups excluding carboxylic acids is 3. The van der Waals surface area contributed by atoms with Crippen molar-refractivity contribution in [2.45, 2.75) is 32.0 Å². The van der Waals surface area contributed by atoms with E-state index in [2.05, 4.69) is 10.6 Å². The van der Waals surface area contributed by atoms with Crippen LogP contribution >= 0.6 is 0 Å². The number of nitrogen functional groups attached to an aromatic ring is 1. The highest BCUT2D eigenvalue weighted by atomic mass is 16.6. The van der Waals surface area contributed by atoms with Crippen LogP contribution in [0.15, 0.2) is 127 Å². The summed E-state index contributed by atoms with van der Waals surface area (Å²) < 4.78 is 12.6. The third-order valence-corrected chi connectivity index (χ3v) is 7.49. The molecule has 0 saturated carbocycles. The second-order valence-electron chi connectivity index (χ2n) is 10.8. The summed E-state index contributed by atoms with van der Waals surface area (Å²) >= 11 is 0. The fourth-order valence-electron chi connectivity index (χ4n) is 5.13. The Balaban J connectivity index is 1.43. The maximum Gasteiger partial charge on any atom is 0.412 e. The second-order valence-corrected chi connectivity index (χ2v) is 10.8. The molecular formula is C38H35N3O6. The second kappa shape index (κ2) is 15.3. The van der Waals surface area contributed by atoms with E-state index in [1.54, 1.807) is 72.8 Å². The number of phenols is 1. The quantitative estimate of drug-likeness (QED) is 0.0622. The normalized spacial score (nSPS) is 12.3. The van der Waals surface area contributed by atoms with Gasteiger partial charge >= 0.3 is 6.09 Å². The molecule has 0 bridgehead atoms. The first-order valence-corrected chi connectivity index (χ1v) is 15.1. The zero-order valence-corrected chi connectivity index (χ0v) is 25.8. The van der Waals surface area contributed by atoms with Gasteiger partial charge < -0.3 is 25.6 Å². The predicted molar refractivity (Wildman–Crippen MR) is 184 cm³/mol. The molecule has 0 fully saturated rings. The number of nitrogens with two attached hydrogens (primary N) is 1. The molecule has 47 heavy (non-hydrogen) atoms. The number of para-hydroxylation sites is 3. The van der Waals surface area contributed by atoms with E-state index in [-0.39, 0.29) is 17.4 Å². The summed E-state index contributed by atoms with van der Waals surface area (Å²) in [6.07, 6.45) is 1.51. The van der Waals surface area contributed by atoms with Crippen LogP contribution in [-0.4, -0.2) is 29.0 Å². The summed E-state index contributed by atoms with van der Waals surface area (Å²) in [6, 6.07) is 33.2. The lowest BCUT2D eigenvalue weighted by Crippen LogP contribution is -2.31. The van der Waals surface area contributed by atoms with Crippen molar-refractivity contribution in [3.63, 3.8) is 0 Å². The van der Waals surface area contributed by atoms with Gasteiger partial charge in [0, 0.05) is 22.2 Å². The van der Waals surface area contributed by atoms with Crippen molar-refractivity contribution < 1.29 is 29.0 Å². The number of Topliss-reactive ketones (excluding diaryl/α,β-unsaturated/α-hetero) is 1. The number of carbonyl (C=O) groups is 3. The van der Waals surface area contributed by atoms with Crippen LogP contribution in [0.5, 0.6) is 11.5 Å². The van der Waals surface area contributed by atoms with E-state index in [0.717, 1.165) is 0 Å². The number of ketones is 1. The van der Waals surface area contributed by atoms with Crippen molar-refractivity contribution in [3.05, 3.63) is 139 Å². The third-order valence-electron chi connectivity index (χ3n) is 7.49. The maximum absolute atomic E-state index is 13.4. The van der Waals surface area contributed by atoms with Crippen LogP contribution in [-0.2, 0) is 9.53 Å². The van der Waals surface area contributed by atoms with Crippen molar-refractivity contribution in [1.29, 1.82) is 0 Å². The van der Waals surface area contributed by atoms with Crippen molar-refractivity contribution in [3.8, 4) is 11.5 Å². The van der Waals surface area contributed by atoms with Gasteiger partial charge in [0.2, 0.25) is 5.91 Å². The Morgan fingerprint density at radius 1 is 0.809 bits per heavy atom. The summed E-state index contributed by atoms with van der Waals surface area (Å²) in [6.45, 7) is 1.47. The third kappa shape index (κ3) is 8.55. The van der Waals surface area contributed by atoms with E-state index in [1.807, 2.05) is 48.5 Å². The van der Waals surface area contributed by atoms with Crippen molar-refractivity contribution in [1.82, 2.24) is 0 Å². The van der Waals surface area contributed by atoms with Crippen molar-refractivity contribution >= 4 is 45.6 Å². The molecule has 5 aromatic rings. The SMILES string of the molecule is CC(=O)c1ccc(NC(=O)O[C@H](c2ccc(O)c3ccccc23)[C@@H](CC/C=C/C(=O)Nc2ccccc2N)Oc2ccccc2)cc1. The Morgan fingerprint density at radius 3 is 2.21 bits per heavy atom. The van der Waals surface area contributed by atoms with Crippen molar-refractivity contribution in [2.75, 3.05) is 16.4 Å². The van der Waals surface area contributed by atoms with Crippen LogP contribution in [0.4, 0.5) is 21.9 Å². The first-order valence-electron chi connectivity index (χ1n) is 15.1. The molecular weight excluding hydrogens is 594 g/mol. The van der Waals surface area contributed by atoms with Gasteiger partial charge in [0.05, 0.1) is 11.4 Å². The molecule has 0 unspecified atom stereocenters. The van der Waals surface area contributed by atoms with Gasteiger partial charge in [-0.2, -0.15) is 0 Å². The smallest absolute Gasteiger partial charge is 0.412 e. The first kappa shape index (κ1) is 32.3. The number of benzene rings is 5. The molecule has 0 spiro atoms. The van der Waals surface area contributed by atoms with Gasteiger partial charge in [-0.1, -0.05) is 66.7 Å². The number of aromatic hydroxyl groups is 1. The van der Waals surface area contributed by atoms with Gasteiger partial charge in [-0.05, 0) is 85.8 Å². The van der Waals surface area contributed by atoms with Crippen LogP contribution in [0.1, 0.15) is 41.8 Å². The van der Waals surface area contributed by atoms with Crippen LogP contribution in [0.25, 0.3) is 10.8 Å². The van der Waals surface area contributed by atoms with E-state index in [9.17, 15) is 19.5 Å². The molecule has 2 atom stereocenters. The van der Waals surface area contributed by atoms with E-state index in [0.29, 0.717) is 57.6 Å². The minimum atomic E-state index is -0.941. The van der Waals surface area contributed by atoms with Crippen LogP contribution < -0.4 is 21.1 Å². The standard InChI is InChI=1S/C38H35N3O6/c1-25(42)26-19-21-27(22-20-26)40-38(45)47-37(31-23-24-34(43)30-14-6-5-13-29(30)31)35(46-28-11-3-2-4-12-28)17-9-10-18-36(44)41-33-16-8-7-15-32(33)39/h2-8,10-16,18-24,35,37,43H,9,17,39H2,1H3,(H,40,45)(H,41,44)/b18-10+/t35-,37-/m1/s1. The number of hydrogen-bond acceptors (Lipinski definition) is 7. The molecule has 0 aliphatic carbocycles. The Kier molecular flexibility index (Phi) is 10.5. The van der Waals surface area contributed by atoms with Crippen LogP contribution in [0.3, 0.4) is 0 Å². The Morgan fingerprint density at radius 2 is 1.49 bits per heavy atom. The van der Waals surface area contributed by atoms with Crippen molar-refractivity contribution in [2.24, 2.45) is 0 Å². The molecule has 0 radical (unpaired) electrons. The number of allylic oxidation sites excluding steroid dienone is 1. The molecule has 238 valence electrons. The largest absolute Gasteiger partial charge is 0.507 e. The van der Waals surface area contributed by atoms with E-state index in [1.165, 1.54) is 13.0 Å². The summed E-state index contributed by atoms with van der Waals surface area (Å²) in [4.78, 5) is 37.7. The molecule has 0 aliphatic rings. The molecule has 0 heterocycles. The zero-order valence-electron chi connectivity index (χ0n) is 25.8. The Labute approximate surface area is 272 Å². The monoisotopic (exact) mass is 629 g/mol. The number of anilines is 3. The minimum Gasteiger partial charge on any atom is -0.507 e. The number of amides is 2. The van der Waals surface area contributed by atoms with Gasteiger partial charge in [-0.3, -0.25) is 14.9 Å². The summed E-state index contributed by atoms with van der Waals surface area (Å²) in [5.74, 6) is 0.230. The van der Waals surface area contributed by atoms with Gasteiger partial charge in [-0.15, -0.1) is 0 Å². The number of ether oxygens (including phenoxy) is 2. The minimum absolute atomic E-state index is 0.0879. The molecule has 5 N–H and O–H groups in total. The molecule has 5 aromatic carbocycles. The highest BCUT2D eigenvalue weighted by Gasteiger charge is 2.31. The molecule has 0 saturated heterocycles. The lowest BCUT2D eigenvalue weighted by Gasteiger charge is -2.29. The molecule has 9 heteroatoms. The van der Waals surface area contributed by atoms with Crippen LogP contribution in [0.2, 0.25) is 0 Å². The van der Waals surface area contributed by atoms with E-state index < -0.39 is 18.3 Å². The highest BCUT2D eigenvalue weighted by Crippen LogP contribution is 2.36. The topological polar surface area (TPSA) is 140 Å². The summed E-state index contributed by atoms with van der Waals surface area (Å²) in [7, 11) is 0. The number of phenolic OH excluding ortho intramolecular Hbond substituents is 1. The fourth-order valence-corrected chi connectivity index (χ4v) is 5.13. The lowest BCUT2D eigenvalue weighted by atomic mass is 9.94. The zero-order chi connectivity index (χ0) is 33.2. The molecule has 0 aromatic heterocycles. The average Bonchev–Trinajstić information content (AvgIpc) is 3.07. The highest BCUT2D eigenvalue weighted by molar-refractivity contribution is 6.01. The fraction of sp³-hybridized carbons (Fsp3) is 0.132. The van der Waals surface area contributed by atoms with Gasteiger partial charge in [0.15, 0.2) is 11.9 Å². The summed E-state index contributed by atoms with van der Waals surface area (Å²) in [5.41, 5.74) is 8.51. The molecule has 9 nitrogen and oxygen atoms in total. The molecule has 2 amide bonds. The first-order chi connectivity index (χ1) is 22.8. The Bertz CT molecular complexity index is 1890. The maximum atomic E-state index is 13.4. The number of nitrogens with one attached hydrogen (secondary N) is 2. The molecule has 5 rings (SSSR count). The Hall–Kier alpha value is -6.09. The van der Waals surface area contributed by atoms with Crippen LogP contribution in [0, 0.1) is 0 Å². The summed E-state index contributed by atoms with van der Waals surface area (Å²) in [5, 5.41) is 17.4. The van der Waals surface area contributed by atoms with Gasteiger partial charge in [0.1, 0.15) is 17.6 Å². The number of rotatable bonds is 12. The van der Waals surface area contributed by atoms with E-state index in [4.69, 9.17) is 15.2 Å². The lowest BCUT2D eigenvalue weighted by molar-refractivity contribution is -0.111. The predicted octanol–water partition coefficient (Wildman–Crippen LogP) is 8.04. The average molecular weight is 630 g/mol. The molecule has 0 aliphatic heterocycles. The van der Waals surface area contributed by atoms with E-state index >= 15 is 0 Å². The van der Waals surface area contributed by atoms with Gasteiger partial charge in [0.25, 0.3) is 0 Å². The van der Waals surface area contributed by atoms with Gasteiger partial charge in [-0.25, -0.2) is 4.79 Å². The number of fused-ring (bicyclic) bond motifs is 1.